The van der Waals surface area contributed by atoms with Crippen LogP contribution >= 0.6 is 0 Å². The zero-order valence-corrected chi connectivity index (χ0v) is 18.0. The summed E-state index contributed by atoms with van der Waals surface area (Å²) >= 11 is 0. The van der Waals surface area contributed by atoms with Gasteiger partial charge in [0.05, 0.1) is 10.6 Å². The lowest BCUT2D eigenvalue weighted by molar-refractivity contribution is -0.127. The number of nitrogens with zero attached hydrogens (tertiary/aromatic N) is 1. The molecule has 2 fully saturated rings. The average molecular weight is 436 g/mol. The van der Waals surface area contributed by atoms with E-state index >= 15 is 0 Å². The van der Waals surface area contributed by atoms with E-state index in [0.717, 1.165) is 19.3 Å². The number of hydrogen-bond acceptors (Lipinski definition) is 5. The Labute approximate surface area is 177 Å². The third-order valence-corrected chi connectivity index (χ3v) is 8.38. The third kappa shape index (κ3) is 4.32. The van der Waals surface area contributed by atoms with Crippen LogP contribution in [0.4, 0.5) is 5.69 Å². The molecule has 2 atom stereocenters. The van der Waals surface area contributed by atoms with Crippen LogP contribution in [0, 0.1) is 11.8 Å². The lowest BCUT2D eigenvalue weighted by Crippen LogP contribution is -2.47. The molecule has 1 saturated carbocycles. The van der Waals surface area contributed by atoms with Crippen LogP contribution in [0.25, 0.3) is 0 Å². The van der Waals surface area contributed by atoms with Crippen molar-refractivity contribution in [3.05, 3.63) is 18.2 Å². The summed E-state index contributed by atoms with van der Waals surface area (Å²) in [6, 6.07) is 4.73. The molecule has 30 heavy (non-hydrogen) atoms. The molecular formula is C21H29N3O5S. The summed E-state index contributed by atoms with van der Waals surface area (Å²) in [6.07, 6.45) is 5.57. The first-order valence-electron chi connectivity index (χ1n) is 10.7. The second-order valence-corrected chi connectivity index (χ2v) is 10.5. The number of benzene rings is 1. The first kappa shape index (κ1) is 21.1. The fourth-order valence-corrected chi connectivity index (χ4v) is 6.06. The Morgan fingerprint density at radius 2 is 1.90 bits per heavy atom. The minimum Gasteiger partial charge on any atom is -0.482 e. The molecule has 0 spiro atoms. The predicted octanol–water partition coefficient (Wildman–Crippen LogP) is 2.11. The highest BCUT2D eigenvalue weighted by Crippen LogP contribution is 2.32. The van der Waals surface area contributed by atoms with Gasteiger partial charge in [0.2, 0.25) is 15.9 Å². The van der Waals surface area contributed by atoms with E-state index in [4.69, 9.17) is 4.74 Å². The van der Waals surface area contributed by atoms with Crippen molar-refractivity contribution in [1.29, 1.82) is 0 Å². The Hall–Kier alpha value is -2.13. The lowest BCUT2D eigenvalue weighted by atomic mass is 9.85. The molecule has 0 unspecified atom stereocenters. The van der Waals surface area contributed by atoms with E-state index in [0.29, 0.717) is 43.3 Å². The maximum absolute atomic E-state index is 13.1. The minimum absolute atomic E-state index is 0.0550. The van der Waals surface area contributed by atoms with Crippen molar-refractivity contribution < 1.29 is 22.7 Å². The molecule has 0 aromatic heterocycles. The van der Waals surface area contributed by atoms with Gasteiger partial charge in [-0.05, 0) is 49.8 Å². The van der Waals surface area contributed by atoms with E-state index in [1.807, 2.05) is 0 Å². The van der Waals surface area contributed by atoms with Gasteiger partial charge in [0.25, 0.3) is 5.91 Å². The zero-order chi connectivity index (χ0) is 21.3. The molecule has 4 rings (SSSR count). The molecule has 2 N–H and O–H groups in total. The van der Waals surface area contributed by atoms with Crippen LogP contribution in [-0.4, -0.2) is 50.3 Å². The highest BCUT2D eigenvalue weighted by Gasteiger charge is 2.34. The monoisotopic (exact) mass is 435 g/mol. The molecule has 1 aliphatic carbocycles. The fourth-order valence-electron chi connectivity index (χ4n) is 4.56. The summed E-state index contributed by atoms with van der Waals surface area (Å²) < 4.78 is 32.8. The van der Waals surface area contributed by atoms with Gasteiger partial charge in [-0.3, -0.25) is 9.59 Å². The van der Waals surface area contributed by atoms with Gasteiger partial charge in [0.15, 0.2) is 6.61 Å². The van der Waals surface area contributed by atoms with Gasteiger partial charge in [0, 0.05) is 25.0 Å². The van der Waals surface area contributed by atoms with Gasteiger partial charge in [0.1, 0.15) is 5.75 Å². The number of amides is 2. The molecular weight excluding hydrogens is 406 g/mol. The molecule has 8 nitrogen and oxygen atoms in total. The highest BCUT2D eigenvalue weighted by molar-refractivity contribution is 7.89. The Morgan fingerprint density at radius 1 is 1.17 bits per heavy atom. The number of sulfonamides is 1. The molecule has 164 valence electrons. The first-order chi connectivity index (χ1) is 14.3. The number of carbonyl (C=O) groups is 2. The summed E-state index contributed by atoms with van der Waals surface area (Å²) in [7, 11) is -3.70. The molecule has 9 heteroatoms. The zero-order valence-electron chi connectivity index (χ0n) is 17.2. The van der Waals surface area contributed by atoms with E-state index < -0.39 is 10.0 Å². The van der Waals surface area contributed by atoms with Crippen molar-refractivity contribution in [3.8, 4) is 5.75 Å². The molecule has 1 saturated heterocycles. The molecule has 3 aliphatic rings. The summed E-state index contributed by atoms with van der Waals surface area (Å²) in [4.78, 5) is 24.3. The standard InChI is InChI=1S/C21H29N3O5S/c1-14-4-2-3-5-17(14)23-21(26)15-8-10-24(11-9-15)30(27,28)16-6-7-19-18(12-16)22-20(25)13-29-19/h6-7,12,14-15,17H,2-5,8-11,13H2,1H3,(H,22,25)(H,23,26)/t14-,17+/m0/s1. The molecule has 2 amide bonds. The SMILES string of the molecule is C[C@H]1CCCC[C@H]1NC(=O)C1CCN(S(=O)(=O)c2ccc3c(c2)NC(=O)CO3)CC1. The Morgan fingerprint density at radius 3 is 2.63 bits per heavy atom. The number of rotatable bonds is 4. The number of carbonyl (C=O) groups excluding carboxylic acids is 2. The molecule has 2 aliphatic heterocycles. The van der Waals surface area contributed by atoms with E-state index in [9.17, 15) is 18.0 Å². The van der Waals surface area contributed by atoms with E-state index in [2.05, 4.69) is 17.6 Å². The van der Waals surface area contributed by atoms with Gasteiger partial charge < -0.3 is 15.4 Å². The van der Waals surface area contributed by atoms with Gasteiger partial charge in [-0.15, -0.1) is 0 Å². The van der Waals surface area contributed by atoms with Crippen molar-refractivity contribution in [3.63, 3.8) is 0 Å². The van der Waals surface area contributed by atoms with E-state index in [1.54, 1.807) is 6.07 Å². The van der Waals surface area contributed by atoms with Crippen molar-refractivity contribution in [1.82, 2.24) is 9.62 Å². The second kappa shape index (κ2) is 8.55. The minimum atomic E-state index is -3.70. The van der Waals surface area contributed by atoms with Gasteiger partial charge >= 0.3 is 0 Å². The van der Waals surface area contributed by atoms with E-state index in [-0.39, 0.29) is 35.3 Å². The summed E-state index contributed by atoms with van der Waals surface area (Å²) in [6.45, 7) is 2.72. The number of hydrogen-bond donors (Lipinski definition) is 2. The molecule has 0 radical (unpaired) electrons. The van der Waals surface area contributed by atoms with Crippen LogP contribution in [-0.2, 0) is 19.6 Å². The largest absolute Gasteiger partial charge is 0.482 e. The second-order valence-electron chi connectivity index (χ2n) is 8.55. The average Bonchev–Trinajstić information content (AvgIpc) is 2.75. The number of fused-ring (bicyclic) bond motifs is 1. The van der Waals surface area contributed by atoms with Crippen LogP contribution in [0.15, 0.2) is 23.1 Å². The van der Waals surface area contributed by atoms with Gasteiger partial charge in [-0.25, -0.2) is 8.42 Å². The number of piperidine rings is 1. The van der Waals surface area contributed by atoms with Crippen LogP contribution in [0.2, 0.25) is 0 Å². The van der Waals surface area contributed by atoms with Crippen molar-refractivity contribution >= 4 is 27.5 Å². The van der Waals surface area contributed by atoms with Crippen LogP contribution < -0.4 is 15.4 Å². The quantitative estimate of drug-likeness (QED) is 0.754. The smallest absolute Gasteiger partial charge is 0.262 e. The molecule has 2 heterocycles. The van der Waals surface area contributed by atoms with Gasteiger partial charge in [-0.2, -0.15) is 4.31 Å². The van der Waals surface area contributed by atoms with E-state index in [1.165, 1.54) is 22.9 Å². The van der Waals surface area contributed by atoms with Crippen molar-refractivity contribution in [2.24, 2.45) is 11.8 Å². The molecule has 1 aromatic rings. The Bertz CT molecular complexity index is 925. The van der Waals surface area contributed by atoms with Crippen LogP contribution in [0.1, 0.15) is 45.4 Å². The number of nitrogens with one attached hydrogen (secondary N) is 2. The maximum Gasteiger partial charge on any atom is 0.262 e. The Kier molecular flexibility index (Phi) is 6.02. The third-order valence-electron chi connectivity index (χ3n) is 6.49. The first-order valence-corrected chi connectivity index (χ1v) is 12.2. The number of ether oxygens (including phenoxy) is 1. The maximum atomic E-state index is 13.1. The van der Waals surface area contributed by atoms with Crippen molar-refractivity contribution in [2.75, 3.05) is 25.0 Å². The van der Waals surface area contributed by atoms with Gasteiger partial charge in [-0.1, -0.05) is 19.8 Å². The highest BCUT2D eigenvalue weighted by atomic mass is 32.2. The fraction of sp³-hybridized carbons (Fsp3) is 0.619. The lowest BCUT2D eigenvalue weighted by Gasteiger charge is -2.34. The summed E-state index contributed by atoms with van der Waals surface area (Å²) in [5, 5.41) is 5.84. The molecule has 0 bridgehead atoms. The van der Waals surface area contributed by atoms with Crippen LogP contribution in [0.3, 0.4) is 0 Å². The topological polar surface area (TPSA) is 105 Å². The summed E-state index contributed by atoms with van der Waals surface area (Å²) in [5.41, 5.74) is 0.364. The number of anilines is 1. The predicted molar refractivity (Wildman–Crippen MR) is 112 cm³/mol. The van der Waals surface area contributed by atoms with Crippen molar-refractivity contribution in [2.45, 2.75) is 56.4 Å². The Balaban J connectivity index is 1.38. The van der Waals surface area contributed by atoms with Crippen LogP contribution in [0.5, 0.6) is 5.75 Å². The summed E-state index contributed by atoms with van der Waals surface area (Å²) in [5.74, 6) is 0.551. The normalized spacial score (nSPS) is 25.7. The molecule has 1 aromatic carbocycles.